The minimum Gasteiger partial charge on any atom is -0.490 e. The first kappa shape index (κ1) is 16.0. The van der Waals surface area contributed by atoms with Gasteiger partial charge in [0.05, 0.1) is 12.2 Å². The predicted octanol–water partition coefficient (Wildman–Crippen LogP) is 3.03. The maximum absolute atomic E-state index is 12.3. The van der Waals surface area contributed by atoms with Crippen molar-refractivity contribution in [1.29, 1.82) is 0 Å². The van der Waals surface area contributed by atoms with Crippen LogP contribution in [-0.2, 0) is 11.3 Å². The lowest BCUT2D eigenvalue weighted by Gasteiger charge is -2.11. The van der Waals surface area contributed by atoms with Crippen LogP contribution in [0.15, 0.2) is 54.6 Å². The maximum atomic E-state index is 12.3. The van der Waals surface area contributed by atoms with Gasteiger partial charge >= 0.3 is 0 Å². The van der Waals surface area contributed by atoms with Gasteiger partial charge in [-0.2, -0.15) is 0 Å². The number of para-hydroxylation sites is 1. The summed E-state index contributed by atoms with van der Waals surface area (Å²) in [5.41, 5.74) is 1.60. The molecule has 0 atom stereocenters. The van der Waals surface area contributed by atoms with Gasteiger partial charge in [0, 0.05) is 13.2 Å². The fourth-order valence-electron chi connectivity index (χ4n) is 2.01. The van der Waals surface area contributed by atoms with Crippen molar-refractivity contribution in [1.82, 2.24) is 5.32 Å². The SMILES string of the molecule is CCOCCOc1ccccc1C(=O)NCc1ccccc1. The molecule has 116 valence electrons. The van der Waals surface area contributed by atoms with E-state index in [1.165, 1.54) is 0 Å². The van der Waals surface area contributed by atoms with Crippen molar-refractivity contribution in [3.05, 3.63) is 65.7 Å². The summed E-state index contributed by atoms with van der Waals surface area (Å²) in [5.74, 6) is 0.434. The highest BCUT2D eigenvalue weighted by molar-refractivity contribution is 5.96. The first-order chi connectivity index (χ1) is 10.8. The zero-order valence-electron chi connectivity index (χ0n) is 12.7. The van der Waals surface area contributed by atoms with Crippen molar-refractivity contribution >= 4 is 5.91 Å². The summed E-state index contributed by atoms with van der Waals surface area (Å²) in [6.45, 7) is 4.02. The second-order valence-corrected chi connectivity index (χ2v) is 4.71. The van der Waals surface area contributed by atoms with Gasteiger partial charge in [-0.1, -0.05) is 42.5 Å². The van der Waals surface area contributed by atoms with E-state index in [1.54, 1.807) is 12.1 Å². The third kappa shape index (κ3) is 4.90. The summed E-state index contributed by atoms with van der Waals surface area (Å²) >= 11 is 0. The van der Waals surface area contributed by atoms with Gasteiger partial charge in [-0.15, -0.1) is 0 Å². The van der Waals surface area contributed by atoms with Crippen LogP contribution < -0.4 is 10.1 Å². The largest absolute Gasteiger partial charge is 0.490 e. The molecule has 2 rings (SSSR count). The molecule has 1 amide bonds. The van der Waals surface area contributed by atoms with Crippen LogP contribution in [0.25, 0.3) is 0 Å². The lowest BCUT2D eigenvalue weighted by atomic mass is 10.1. The molecule has 0 heterocycles. The number of carbonyl (C=O) groups is 1. The number of hydrogen-bond donors (Lipinski definition) is 1. The predicted molar refractivity (Wildman–Crippen MR) is 86.0 cm³/mol. The van der Waals surface area contributed by atoms with Gasteiger partial charge in [0.15, 0.2) is 0 Å². The van der Waals surface area contributed by atoms with Gasteiger partial charge in [0.1, 0.15) is 12.4 Å². The van der Waals surface area contributed by atoms with Gasteiger partial charge in [-0.3, -0.25) is 4.79 Å². The number of rotatable bonds is 8. The Morgan fingerprint density at radius 2 is 1.73 bits per heavy atom. The zero-order valence-corrected chi connectivity index (χ0v) is 12.7. The zero-order chi connectivity index (χ0) is 15.6. The summed E-state index contributed by atoms with van der Waals surface area (Å²) in [4.78, 5) is 12.3. The van der Waals surface area contributed by atoms with Crippen molar-refractivity contribution in [3.63, 3.8) is 0 Å². The summed E-state index contributed by atoms with van der Waals surface area (Å²) in [5, 5.41) is 2.91. The van der Waals surface area contributed by atoms with Crippen LogP contribution >= 0.6 is 0 Å². The molecule has 0 aliphatic heterocycles. The van der Waals surface area contributed by atoms with E-state index in [1.807, 2.05) is 49.4 Å². The molecular formula is C18H21NO3. The van der Waals surface area contributed by atoms with Crippen molar-refractivity contribution in [2.75, 3.05) is 19.8 Å². The lowest BCUT2D eigenvalue weighted by molar-refractivity contribution is 0.0934. The monoisotopic (exact) mass is 299 g/mol. The average Bonchev–Trinajstić information content (AvgIpc) is 2.58. The molecule has 0 aromatic heterocycles. The average molecular weight is 299 g/mol. The molecule has 0 radical (unpaired) electrons. The van der Waals surface area contributed by atoms with Crippen LogP contribution in [0.5, 0.6) is 5.75 Å². The Morgan fingerprint density at radius 1 is 1.00 bits per heavy atom. The molecule has 0 saturated heterocycles. The molecule has 0 bridgehead atoms. The summed E-state index contributed by atoms with van der Waals surface area (Å²) in [6, 6.07) is 17.0. The number of nitrogens with one attached hydrogen (secondary N) is 1. The highest BCUT2D eigenvalue weighted by atomic mass is 16.5. The Hall–Kier alpha value is -2.33. The quantitative estimate of drug-likeness (QED) is 0.762. The minimum atomic E-state index is -0.143. The van der Waals surface area contributed by atoms with E-state index >= 15 is 0 Å². The van der Waals surface area contributed by atoms with Crippen LogP contribution in [-0.4, -0.2) is 25.7 Å². The molecule has 0 spiro atoms. The number of hydrogen-bond acceptors (Lipinski definition) is 3. The standard InChI is InChI=1S/C18H21NO3/c1-2-21-12-13-22-17-11-7-6-10-16(17)18(20)19-14-15-8-4-3-5-9-15/h3-11H,2,12-14H2,1H3,(H,19,20). The van der Waals surface area contributed by atoms with E-state index in [4.69, 9.17) is 9.47 Å². The highest BCUT2D eigenvalue weighted by Gasteiger charge is 2.11. The number of amides is 1. The van der Waals surface area contributed by atoms with Crippen molar-refractivity contribution in [2.45, 2.75) is 13.5 Å². The molecule has 0 unspecified atom stereocenters. The van der Waals surface area contributed by atoms with Crippen LogP contribution in [0.3, 0.4) is 0 Å². The van der Waals surface area contributed by atoms with E-state index < -0.39 is 0 Å². The van der Waals surface area contributed by atoms with Crippen LogP contribution in [0.1, 0.15) is 22.8 Å². The molecular weight excluding hydrogens is 278 g/mol. The molecule has 22 heavy (non-hydrogen) atoms. The topological polar surface area (TPSA) is 47.6 Å². The fraction of sp³-hybridized carbons (Fsp3) is 0.278. The molecule has 4 heteroatoms. The molecule has 1 N–H and O–H groups in total. The van der Waals surface area contributed by atoms with E-state index in [9.17, 15) is 4.79 Å². The number of ether oxygens (including phenoxy) is 2. The van der Waals surface area contributed by atoms with Crippen LogP contribution in [0.2, 0.25) is 0 Å². The van der Waals surface area contributed by atoms with Crippen LogP contribution in [0.4, 0.5) is 0 Å². The molecule has 2 aromatic rings. The molecule has 0 fully saturated rings. The highest BCUT2D eigenvalue weighted by Crippen LogP contribution is 2.17. The smallest absolute Gasteiger partial charge is 0.255 e. The molecule has 4 nitrogen and oxygen atoms in total. The summed E-state index contributed by atoms with van der Waals surface area (Å²) < 4.78 is 10.9. The first-order valence-corrected chi connectivity index (χ1v) is 7.43. The Morgan fingerprint density at radius 3 is 2.50 bits per heavy atom. The first-order valence-electron chi connectivity index (χ1n) is 7.43. The Kier molecular flexibility index (Phi) is 6.45. The second-order valence-electron chi connectivity index (χ2n) is 4.71. The third-order valence-electron chi connectivity index (χ3n) is 3.12. The molecule has 2 aromatic carbocycles. The van der Waals surface area contributed by atoms with Crippen molar-refractivity contribution < 1.29 is 14.3 Å². The second kappa shape index (κ2) is 8.85. The van der Waals surface area contributed by atoms with Gasteiger partial charge in [0.2, 0.25) is 0 Å². The summed E-state index contributed by atoms with van der Waals surface area (Å²) in [7, 11) is 0. The minimum absolute atomic E-state index is 0.143. The normalized spacial score (nSPS) is 10.2. The Balaban J connectivity index is 1.94. The number of benzene rings is 2. The van der Waals surface area contributed by atoms with Gasteiger partial charge in [-0.25, -0.2) is 0 Å². The number of carbonyl (C=O) groups excluding carboxylic acids is 1. The van der Waals surface area contributed by atoms with Gasteiger partial charge < -0.3 is 14.8 Å². The molecule has 0 aliphatic carbocycles. The van der Waals surface area contributed by atoms with E-state index in [0.29, 0.717) is 37.7 Å². The van der Waals surface area contributed by atoms with Gasteiger partial charge in [-0.05, 0) is 24.6 Å². The third-order valence-corrected chi connectivity index (χ3v) is 3.12. The fourth-order valence-corrected chi connectivity index (χ4v) is 2.01. The van der Waals surface area contributed by atoms with E-state index in [-0.39, 0.29) is 5.91 Å². The van der Waals surface area contributed by atoms with Gasteiger partial charge in [0.25, 0.3) is 5.91 Å². The lowest BCUT2D eigenvalue weighted by Crippen LogP contribution is -2.23. The maximum Gasteiger partial charge on any atom is 0.255 e. The molecule has 0 aliphatic rings. The van der Waals surface area contributed by atoms with Crippen molar-refractivity contribution in [2.24, 2.45) is 0 Å². The Labute approximate surface area is 131 Å². The van der Waals surface area contributed by atoms with E-state index in [0.717, 1.165) is 5.56 Å². The van der Waals surface area contributed by atoms with Crippen molar-refractivity contribution in [3.8, 4) is 5.75 Å². The molecule has 0 saturated carbocycles. The Bertz CT molecular complexity index is 584. The van der Waals surface area contributed by atoms with Crippen LogP contribution in [0, 0.1) is 0 Å². The van der Waals surface area contributed by atoms with E-state index in [2.05, 4.69) is 5.32 Å². The summed E-state index contributed by atoms with van der Waals surface area (Å²) in [6.07, 6.45) is 0.